The number of hydrogen-bond acceptors (Lipinski definition) is 5. The Hall–Kier alpha value is -2.15. The fourth-order valence-electron chi connectivity index (χ4n) is 3.54. The Kier molecular flexibility index (Phi) is 6.08. The first-order chi connectivity index (χ1) is 12.5. The van der Waals surface area contributed by atoms with Crippen molar-refractivity contribution in [3.63, 3.8) is 0 Å². The SMILES string of the molecule is CN(C)CCN1C[C@H](C(=O)N2CCC(Oc3cccnc3)CC2)CC1=O. The van der Waals surface area contributed by atoms with Gasteiger partial charge in [-0.1, -0.05) is 0 Å². The second-order valence-electron chi connectivity index (χ2n) is 7.38. The van der Waals surface area contributed by atoms with E-state index in [1.807, 2.05) is 36.0 Å². The van der Waals surface area contributed by atoms with E-state index < -0.39 is 0 Å². The van der Waals surface area contributed by atoms with Crippen molar-refractivity contribution in [2.45, 2.75) is 25.4 Å². The van der Waals surface area contributed by atoms with Crippen LogP contribution in [0.4, 0.5) is 0 Å². The molecule has 0 bridgehead atoms. The van der Waals surface area contributed by atoms with Gasteiger partial charge in [0, 0.05) is 58.2 Å². The number of aromatic nitrogens is 1. The number of carbonyl (C=O) groups excluding carboxylic acids is 2. The summed E-state index contributed by atoms with van der Waals surface area (Å²) in [4.78, 5) is 34.8. The second-order valence-corrected chi connectivity index (χ2v) is 7.38. The maximum atomic E-state index is 12.8. The van der Waals surface area contributed by atoms with Crippen molar-refractivity contribution in [1.29, 1.82) is 0 Å². The normalized spacial score (nSPS) is 21.5. The molecule has 142 valence electrons. The zero-order valence-corrected chi connectivity index (χ0v) is 15.6. The highest BCUT2D eigenvalue weighted by atomic mass is 16.5. The van der Waals surface area contributed by atoms with E-state index in [1.54, 1.807) is 12.4 Å². The molecular formula is C19H28N4O3. The van der Waals surface area contributed by atoms with E-state index in [0.717, 1.165) is 25.1 Å². The van der Waals surface area contributed by atoms with Gasteiger partial charge in [-0.25, -0.2) is 0 Å². The molecule has 26 heavy (non-hydrogen) atoms. The molecule has 3 rings (SSSR count). The number of likely N-dealkylation sites (tertiary alicyclic amines) is 2. The van der Waals surface area contributed by atoms with Crippen LogP contribution in [0.3, 0.4) is 0 Å². The molecule has 2 saturated heterocycles. The topological polar surface area (TPSA) is 66.0 Å². The molecule has 0 aliphatic carbocycles. The molecule has 7 nitrogen and oxygen atoms in total. The number of carbonyl (C=O) groups is 2. The van der Waals surface area contributed by atoms with Crippen LogP contribution in [-0.4, -0.2) is 84.4 Å². The maximum absolute atomic E-state index is 12.8. The van der Waals surface area contributed by atoms with Gasteiger partial charge in [-0.2, -0.15) is 0 Å². The minimum absolute atomic E-state index is 0.0972. The van der Waals surface area contributed by atoms with Crippen molar-refractivity contribution >= 4 is 11.8 Å². The highest BCUT2D eigenvalue weighted by Gasteiger charge is 2.37. The Balaban J connectivity index is 1.46. The van der Waals surface area contributed by atoms with Gasteiger partial charge in [0.05, 0.1) is 12.1 Å². The minimum atomic E-state index is -0.194. The predicted molar refractivity (Wildman–Crippen MR) is 97.7 cm³/mol. The van der Waals surface area contributed by atoms with Gasteiger partial charge >= 0.3 is 0 Å². The number of amides is 2. The second kappa shape index (κ2) is 8.49. The molecule has 2 aliphatic rings. The van der Waals surface area contributed by atoms with Crippen LogP contribution in [0.15, 0.2) is 24.5 Å². The van der Waals surface area contributed by atoms with Gasteiger partial charge in [0.15, 0.2) is 0 Å². The van der Waals surface area contributed by atoms with Gasteiger partial charge in [0.2, 0.25) is 11.8 Å². The lowest BCUT2D eigenvalue weighted by Crippen LogP contribution is -2.45. The van der Waals surface area contributed by atoms with Gasteiger partial charge in [-0.3, -0.25) is 14.6 Å². The number of rotatable bonds is 6. The number of piperidine rings is 1. The van der Waals surface area contributed by atoms with Crippen LogP contribution in [0, 0.1) is 5.92 Å². The van der Waals surface area contributed by atoms with Gasteiger partial charge in [-0.15, -0.1) is 0 Å². The monoisotopic (exact) mass is 360 g/mol. The predicted octanol–water partition coefficient (Wildman–Crippen LogP) is 0.862. The van der Waals surface area contributed by atoms with Gasteiger partial charge in [-0.05, 0) is 26.2 Å². The maximum Gasteiger partial charge on any atom is 0.227 e. The average molecular weight is 360 g/mol. The third-order valence-corrected chi connectivity index (χ3v) is 5.07. The number of nitrogens with zero attached hydrogens (tertiary/aromatic N) is 4. The van der Waals surface area contributed by atoms with E-state index in [4.69, 9.17) is 4.74 Å². The molecule has 1 aromatic heterocycles. The number of likely N-dealkylation sites (N-methyl/N-ethyl adjacent to an activating group) is 1. The Morgan fingerprint density at radius 1 is 1.35 bits per heavy atom. The van der Waals surface area contributed by atoms with Crippen LogP contribution in [0.1, 0.15) is 19.3 Å². The molecule has 0 saturated carbocycles. The summed E-state index contributed by atoms with van der Waals surface area (Å²) in [5.74, 6) is 0.793. The van der Waals surface area contributed by atoms with Crippen molar-refractivity contribution in [2.24, 2.45) is 5.92 Å². The third kappa shape index (κ3) is 4.72. The summed E-state index contributed by atoms with van der Waals surface area (Å²) in [5, 5.41) is 0. The smallest absolute Gasteiger partial charge is 0.227 e. The molecule has 2 fully saturated rings. The summed E-state index contributed by atoms with van der Waals surface area (Å²) in [6.45, 7) is 3.44. The number of ether oxygens (including phenoxy) is 1. The molecule has 2 amide bonds. The zero-order chi connectivity index (χ0) is 18.5. The summed E-state index contributed by atoms with van der Waals surface area (Å²) >= 11 is 0. The van der Waals surface area contributed by atoms with E-state index in [-0.39, 0.29) is 23.8 Å². The van der Waals surface area contributed by atoms with Crippen molar-refractivity contribution in [3.8, 4) is 5.75 Å². The van der Waals surface area contributed by atoms with Crippen LogP contribution in [0.25, 0.3) is 0 Å². The van der Waals surface area contributed by atoms with Crippen molar-refractivity contribution in [2.75, 3.05) is 46.8 Å². The fourth-order valence-corrected chi connectivity index (χ4v) is 3.54. The lowest BCUT2D eigenvalue weighted by Gasteiger charge is -2.33. The Labute approximate surface area is 154 Å². The Bertz CT molecular complexity index is 614. The van der Waals surface area contributed by atoms with Crippen LogP contribution in [-0.2, 0) is 9.59 Å². The molecule has 7 heteroatoms. The highest BCUT2D eigenvalue weighted by molar-refractivity contribution is 5.89. The molecule has 0 unspecified atom stereocenters. The van der Waals surface area contributed by atoms with E-state index >= 15 is 0 Å². The third-order valence-electron chi connectivity index (χ3n) is 5.07. The number of hydrogen-bond donors (Lipinski definition) is 0. The quantitative estimate of drug-likeness (QED) is 0.753. The Morgan fingerprint density at radius 2 is 2.12 bits per heavy atom. The van der Waals surface area contributed by atoms with Crippen molar-refractivity contribution in [3.05, 3.63) is 24.5 Å². The molecule has 0 spiro atoms. The molecule has 0 aromatic carbocycles. The van der Waals surface area contributed by atoms with E-state index in [0.29, 0.717) is 32.6 Å². The summed E-state index contributed by atoms with van der Waals surface area (Å²) in [7, 11) is 3.97. The summed E-state index contributed by atoms with van der Waals surface area (Å²) in [6.07, 6.45) is 5.52. The highest BCUT2D eigenvalue weighted by Crippen LogP contribution is 2.23. The van der Waals surface area contributed by atoms with Crippen LogP contribution >= 0.6 is 0 Å². The first-order valence-electron chi connectivity index (χ1n) is 9.31. The summed E-state index contributed by atoms with van der Waals surface area (Å²) in [5.41, 5.74) is 0. The van der Waals surface area contributed by atoms with E-state index in [1.165, 1.54) is 0 Å². The molecular weight excluding hydrogens is 332 g/mol. The van der Waals surface area contributed by atoms with E-state index in [9.17, 15) is 9.59 Å². The van der Waals surface area contributed by atoms with Gasteiger partial charge in [0.1, 0.15) is 11.9 Å². The first kappa shape index (κ1) is 18.6. The van der Waals surface area contributed by atoms with E-state index in [2.05, 4.69) is 9.88 Å². The summed E-state index contributed by atoms with van der Waals surface area (Å²) in [6, 6.07) is 3.75. The van der Waals surface area contributed by atoms with Gasteiger partial charge < -0.3 is 19.4 Å². The molecule has 1 atom stereocenters. The number of pyridine rings is 1. The lowest BCUT2D eigenvalue weighted by molar-refractivity contribution is -0.137. The van der Waals surface area contributed by atoms with Crippen LogP contribution in [0.5, 0.6) is 5.75 Å². The molecule has 3 heterocycles. The van der Waals surface area contributed by atoms with Crippen LogP contribution < -0.4 is 4.74 Å². The Morgan fingerprint density at radius 3 is 2.77 bits per heavy atom. The lowest BCUT2D eigenvalue weighted by atomic mass is 10.0. The minimum Gasteiger partial charge on any atom is -0.489 e. The average Bonchev–Trinajstić information content (AvgIpc) is 3.02. The van der Waals surface area contributed by atoms with Crippen LogP contribution in [0.2, 0.25) is 0 Å². The summed E-state index contributed by atoms with van der Waals surface area (Å²) < 4.78 is 5.93. The zero-order valence-electron chi connectivity index (χ0n) is 15.6. The molecule has 2 aliphatic heterocycles. The molecule has 0 radical (unpaired) electrons. The van der Waals surface area contributed by atoms with Crippen molar-refractivity contribution in [1.82, 2.24) is 19.7 Å². The van der Waals surface area contributed by atoms with Gasteiger partial charge in [0.25, 0.3) is 0 Å². The van der Waals surface area contributed by atoms with Crippen molar-refractivity contribution < 1.29 is 14.3 Å². The molecule has 1 aromatic rings. The standard InChI is InChI=1S/C19H28N4O3/c1-21(2)10-11-23-14-15(12-18(23)24)19(25)22-8-5-16(6-9-22)26-17-4-3-7-20-13-17/h3-4,7,13,15-16H,5-6,8-12,14H2,1-2H3/t15-/m1/s1. The first-order valence-corrected chi connectivity index (χ1v) is 9.31. The largest absolute Gasteiger partial charge is 0.489 e. The molecule has 0 N–H and O–H groups in total. The fraction of sp³-hybridized carbons (Fsp3) is 0.632.